The standard InChI is InChI=1S/C11H19NO4/c1-4-16-9(15)11(8(13)14)7-10(2,3)5-6-12-11/h12H,4-7H2,1-3H3,(H,13,14). The molecule has 5 heteroatoms. The Kier molecular flexibility index (Phi) is 3.57. The Morgan fingerprint density at radius 3 is 2.50 bits per heavy atom. The van der Waals surface area contributed by atoms with Gasteiger partial charge in [-0.05, 0) is 31.7 Å². The van der Waals surface area contributed by atoms with Crippen molar-refractivity contribution in [1.29, 1.82) is 0 Å². The molecule has 1 heterocycles. The number of carbonyl (C=O) groups excluding carboxylic acids is 1. The van der Waals surface area contributed by atoms with Gasteiger partial charge < -0.3 is 9.84 Å². The number of carboxylic acid groups (broad SMARTS) is 1. The Bertz CT molecular complexity index is 300. The topological polar surface area (TPSA) is 75.6 Å². The number of carbonyl (C=O) groups is 2. The van der Waals surface area contributed by atoms with Crippen LogP contribution in [0.3, 0.4) is 0 Å². The van der Waals surface area contributed by atoms with Gasteiger partial charge in [-0.25, -0.2) is 9.59 Å². The minimum absolute atomic E-state index is 0.170. The number of aliphatic carboxylic acids is 1. The largest absolute Gasteiger partial charge is 0.479 e. The molecule has 16 heavy (non-hydrogen) atoms. The first-order valence-corrected chi connectivity index (χ1v) is 5.50. The minimum Gasteiger partial charge on any atom is -0.479 e. The van der Waals surface area contributed by atoms with Crippen LogP contribution in [0.15, 0.2) is 0 Å². The molecule has 1 aliphatic rings. The summed E-state index contributed by atoms with van der Waals surface area (Å²) in [6, 6.07) is 0. The monoisotopic (exact) mass is 229 g/mol. The van der Waals surface area contributed by atoms with Crippen LogP contribution >= 0.6 is 0 Å². The molecular formula is C11H19NO4. The number of piperidine rings is 1. The Hall–Kier alpha value is -1.10. The second kappa shape index (κ2) is 4.41. The Morgan fingerprint density at radius 2 is 2.06 bits per heavy atom. The van der Waals surface area contributed by atoms with Crippen LogP contribution in [0.2, 0.25) is 0 Å². The number of nitrogens with one attached hydrogen (secondary N) is 1. The molecule has 1 unspecified atom stereocenters. The van der Waals surface area contributed by atoms with Crippen LogP contribution in [0.1, 0.15) is 33.6 Å². The van der Waals surface area contributed by atoms with Gasteiger partial charge in [0.25, 0.3) is 0 Å². The minimum atomic E-state index is -1.57. The highest BCUT2D eigenvalue weighted by Crippen LogP contribution is 2.35. The summed E-state index contributed by atoms with van der Waals surface area (Å²) in [5, 5.41) is 12.1. The van der Waals surface area contributed by atoms with Crippen molar-refractivity contribution in [2.24, 2.45) is 5.41 Å². The van der Waals surface area contributed by atoms with E-state index < -0.39 is 17.5 Å². The molecule has 2 N–H and O–H groups in total. The first-order valence-electron chi connectivity index (χ1n) is 5.50. The Morgan fingerprint density at radius 1 is 1.44 bits per heavy atom. The van der Waals surface area contributed by atoms with Crippen molar-refractivity contribution >= 4 is 11.9 Å². The molecule has 0 aromatic rings. The molecule has 0 aromatic carbocycles. The SMILES string of the molecule is CCOC(=O)C1(C(=O)O)CC(C)(C)CCN1. The second-order valence-corrected chi connectivity index (χ2v) is 4.95. The van der Waals surface area contributed by atoms with Crippen molar-refractivity contribution in [3.63, 3.8) is 0 Å². The summed E-state index contributed by atoms with van der Waals surface area (Å²) in [5.74, 6) is -1.84. The number of hydrogen-bond acceptors (Lipinski definition) is 4. The van der Waals surface area contributed by atoms with Gasteiger partial charge in [0.05, 0.1) is 6.61 Å². The number of hydrogen-bond donors (Lipinski definition) is 2. The molecule has 1 saturated heterocycles. The van der Waals surface area contributed by atoms with Crippen LogP contribution in [-0.2, 0) is 14.3 Å². The molecule has 0 bridgehead atoms. The van der Waals surface area contributed by atoms with Gasteiger partial charge in [-0.1, -0.05) is 13.8 Å². The molecule has 1 fully saturated rings. The van der Waals surface area contributed by atoms with E-state index >= 15 is 0 Å². The summed E-state index contributed by atoms with van der Waals surface area (Å²) in [5.41, 5.74) is -1.74. The molecule has 5 nitrogen and oxygen atoms in total. The maximum absolute atomic E-state index is 11.8. The second-order valence-electron chi connectivity index (χ2n) is 4.95. The Balaban J connectivity index is 2.97. The van der Waals surface area contributed by atoms with Crippen LogP contribution < -0.4 is 5.32 Å². The third kappa shape index (κ3) is 2.35. The lowest BCUT2D eigenvalue weighted by molar-refractivity contribution is -0.166. The highest BCUT2D eigenvalue weighted by atomic mass is 16.5. The van der Waals surface area contributed by atoms with Gasteiger partial charge in [-0.3, -0.25) is 5.32 Å². The fraction of sp³-hybridized carbons (Fsp3) is 0.818. The highest BCUT2D eigenvalue weighted by Gasteiger charge is 2.52. The van der Waals surface area contributed by atoms with E-state index in [9.17, 15) is 14.7 Å². The van der Waals surface area contributed by atoms with Crippen LogP contribution in [-0.4, -0.2) is 35.7 Å². The van der Waals surface area contributed by atoms with E-state index in [-0.39, 0.29) is 18.4 Å². The van der Waals surface area contributed by atoms with E-state index in [1.807, 2.05) is 13.8 Å². The summed E-state index contributed by atoms with van der Waals surface area (Å²) in [4.78, 5) is 23.1. The molecule has 0 amide bonds. The molecule has 0 radical (unpaired) electrons. The zero-order chi connectivity index (χ0) is 12.4. The maximum atomic E-state index is 11.8. The normalized spacial score (nSPS) is 28.4. The van der Waals surface area contributed by atoms with Gasteiger partial charge in [0.15, 0.2) is 0 Å². The summed E-state index contributed by atoms with van der Waals surface area (Å²) in [6.07, 6.45) is 1.11. The zero-order valence-electron chi connectivity index (χ0n) is 10.0. The van der Waals surface area contributed by atoms with Gasteiger partial charge in [0.2, 0.25) is 5.54 Å². The molecule has 92 valence electrons. The van der Waals surface area contributed by atoms with E-state index in [1.54, 1.807) is 6.92 Å². The van der Waals surface area contributed by atoms with Crippen molar-refractivity contribution in [1.82, 2.24) is 5.32 Å². The molecule has 1 atom stereocenters. The van der Waals surface area contributed by atoms with Crippen molar-refractivity contribution in [2.45, 2.75) is 39.2 Å². The summed E-state index contributed by atoms with van der Waals surface area (Å²) in [7, 11) is 0. The first kappa shape index (κ1) is 13.0. The quantitative estimate of drug-likeness (QED) is 0.552. The molecule has 0 saturated carbocycles. The maximum Gasteiger partial charge on any atom is 0.338 e. The van der Waals surface area contributed by atoms with E-state index in [4.69, 9.17) is 4.74 Å². The van der Waals surface area contributed by atoms with E-state index in [1.165, 1.54) is 0 Å². The lowest BCUT2D eigenvalue weighted by atomic mass is 9.73. The summed E-state index contributed by atoms with van der Waals surface area (Å²) < 4.78 is 4.86. The molecule has 1 rings (SSSR count). The lowest BCUT2D eigenvalue weighted by Crippen LogP contribution is -2.64. The molecular weight excluding hydrogens is 210 g/mol. The van der Waals surface area contributed by atoms with Gasteiger partial charge >= 0.3 is 11.9 Å². The van der Waals surface area contributed by atoms with E-state index in [0.29, 0.717) is 6.54 Å². The van der Waals surface area contributed by atoms with Crippen LogP contribution in [0.4, 0.5) is 0 Å². The molecule has 0 aliphatic carbocycles. The van der Waals surface area contributed by atoms with Gasteiger partial charge in [-0.15, -0.1) is 0 Å². The summed E-state index contributed by atoms with van der Waals surface area (Å²) >= 11 is 0. The van der Waals surface area contributed by atoms with Gasteiger partial charge in [0.1, 0.15) is 0 Å². The summed E-state index contributed by atoms with van der Waals surface area (Å²) in [6.45, 7) is 6.30. The van der Waals surface area contributed by atoms with Gasteiger partial charge in [0, 0.05) is 0 Å². The fourth-order valence-electron chi connectivity index (χ4n) is 2.12. The highest BCUT2D eigenvalue weighted by molar-refractivity contribution is 6.04. The van der Waals surface area contributed by atoms with E-state index in [2.05, 4.69) is 5.32 Å². The predicted molar refractivity (Wildman–Crippen MR) is 58.0 cm³/mol. The zero-order valence-corrected chi connectivity index (χ0v) is 10.0. The van der Waals surface area contributed by atoms with Crippen molar-refractivity contribution < 1.29 is 19.4 Å². The first-order chi connectivity index (χ1) is 7.34. The Labute approximate surface area is 95.2 Å². The number of esters is 1. The van der Waals surface area contributed by atoms with Crippen molar-refractivity contribution in [3.8, 4) is 0 Å². The van der Waals surface area contributed by atoms with Crippen LogP contribution in [0.25, 0.3) is 0 Å². The smallest absolute Gasteiger partial charge is 0.338 e. The number of ether oxygens (including phenoxy) is 1. The molecule has 0 aromatic heterocycles. The predicted octanol–water partition coefficient (Wildman–Crippen LogP) is 0.782. The lowest BCUT2D eigenvalue weighted by Gasteiger charge is -2.40. The average molecular weight is 229 g/mol. The van der Waals surface area contributed by atoms with Crippen molar-refractivity contribution in [2.75, 3.05) is 13.2 Å². The van der Waals surface area contributed by atoms with Crippen LogP contribution in [0.5, 0.6) is 0 Å². The van der Waals surface area contributed by atoms with Crippen LogP contribution in [0, 0.1) is 5.41 Å². The number of carboxylic acids is 1. The van der Waals surface area contributed by atoms with Crippen molar-refractivity contribution in [3.05, 3.63) is 0 Å². The fourth-order valence-corrected chi connectivity index (χ4v) is 2.12. The van der Waals surface area contributed by atoms with E-state index in [0.717, 1.165) is 6.42 Å². The number of rotatable bonds is 3. The third-order valence-electron chi connectivity index (χ3n) is 2.96. The molecule has 0 spiro atoms. The molecule has 1 aliphatic heterocycles. The third-order valence-corrected chi connectivity index (χ3v) is 2.96. The van der Waals surface area contributed by atoms with Gasteiger partial charge in [-0.2, -0.15) is 0 Å². The average Bonchev–Trinajstić information content (AvgIpc) is 2.16.